The third kappa shape index (κ3) is 9.24. The van der Waals surface area contributed by atoms with Crippen LogP contribution in [-0.4, -0.2) is 85.7 Å². The van der Waals surface area contributed by atoms with E-state index >= 15 is 0 Å². The highest BCUT2D eigenvalue weighted by Gasteiger charge is 2.31. The van der Waals surface area contributed by atoms with Crippen molar-refractivity contribution < 1.29 is 39.3 Å². The quantitative estimate of drug-likeness (QED) is 0.140. The van der Waals surface area contributed by atoms with E-state index in [4.69, 9.17) is 10.8 Å². The number of H-pyrrole nitrogens is 1. The van der Waals surface area contributed by atoms with E-state index < -0.39 is 72.8 Å². The molecule has 0 aromatic carbocycles. The van der Waals surface area contributed by atoms with Crippen LogP contribution in [0.5, 0.6) is 0 Å². The van der Waals surface area contributed by atoms with Gasteiger partial charge in [-0.2, -0.15) is 0 Å². The largest absolute Gasteiger partial charge is 0.481 e. The van der Waals surface area contributed by atoms with Crippen molar-refractivity contribution in [2.24, 2.45) is 11.7 Å². The predicted molar refractivity (Wildman–Crippen MR) is 112 cm³/mol. The van der Waals surface area contributed by atoms with Gasteiger partial charge in [0.15, 0.2) is 0 Å². The highest BCUT2D eigenvalue weighted by Crippen LogP contribution is 2.04. The number of carbonyl (C=O) groups is 5. The minimum absolute atomic E-state index is 0.0759. The molecule has 4 unspecified atom stereocenters. The van der Waals surface area contributed by atoms with Gasteiger partial charge in [-0.25, -0.2) is 9.78 Å². The number of hydrogen-bond acceptors (Lipinski definition) is 8. The Morgan fingerprint density at radius 1 is 1.03 bits per heavy atom. The van der Waals surface area contributed by atoms with Gasteiger partial charge >= 0.3 is 11.9 Å². The zero-order valence-electron chi connectivity index (χ0n) is 18.3. The second-order valence-electron chi connectivity index (χ2n) is 7.69. The lowest BCUT2D eigenvalue weighted by Gasteiger charge is -2.25. The van der Waals surface area contributed by atoms with E-state index in [1.165, 1.54) is 12.5 Å². The molecule has 0 saturated heterocycles. The molecule has 14 nitrogen and oxygen atoms in total. The van der Waals surface area contributed by atoms with Crippen LogP contribution in [-0.2, 0) is 30.4 Å². The summed E-state index contributed by atoms with van der Waals surface area (Å²) in [5.41, 5.74) is 6.40. The normalized spacial score (nSPS) is 14.6. The van der Waals surface area contributed by atoms with E-state index in [1.54, 1.807) is 13.8 Å². The van der Waals surface area contributed by atoms with E-state index in [9.17, 15) is 34.2 Å². The summed E-state index contributed by atoms with van der Waals surface area (Å²) in [6.07, 6.45) is 2.16. The Hall–Kier alpha value is -3.52. The fourth-order valence-corrected chi connectivity index (χ4v) is 2.78. The van der Waals surface area contributed by atoms with Crippen LogP contribution in [0, 0.1) is 5.92 Å². The van der Waals surface area contributed by atoms with Crippen molar-refractivity contribution in [2.45, 2.75) is 57.3 Å². The van der Waals surface area contributed by atoms with Crippen molar-refractivity contribution in [3.05, 3.63) is 18.2 Å². The summed E-state index contributed by atoms with van der Waals surface area (Å²) in [7, 11) is 0. The van der Waals surface area contributed by atoms with Crippen LogP contribution in [0.4, 0.5) is 0 Å². The maximum atomic E-state index is 12.7. The van der Waals surface area contributed by atoms with Crippen LogP contribution in [0.15, 0.2) is 12.5 Å². The Balaban J connectivity index is 2.86. The van der Waals surface area contributed by atoms with Crippen LogP contribution < -0.4 is 21.7 Å². The first-order valence-corrected chi connectivity index (χ1v) is 10.2. The van der Waals surface area contributed by atoms with Gasteiger partial charge in [-0.1, -0.05) is 13.8 Å². The number of aromatic amines is 1. The molecule has 9 N–H and O–H groups in total. The van der Waals surface area contributed by atoms with Gasteiger partial charge in [0.25, 0.3) is 0 Å². The summed E-state index contributed by atoms with van der Waals surface area (Å²) in [6.45, 7) is 2.27. The topological polar surface area (TPSA) is 237 Å². The van der Waals surface area contributed by atoms with E-state index in [-0.39, 0.29) is 12.8 Å². The highest BCUT2D eigenvalue weighted by atomic mass is 16.4. The number of rotatable bonds is 14. The minimum Gasteiger partial charge on any atom is -0.481 e. The number of aliphatic hydroxyl groups is 1. The number of nitrogens with zero attached hydrogens (tertiary/aromatic N) is 1. The van der Waals surface area contributed by atoms with Crippen molar-refractivity contribution >= 4 is 29.7 Å². The third-order valence-corrected chi connectivity index (χ3v) is 4.66. The van der Waals surface area contributed by atoms with E-state index in [0.29, 0.717) is 5.69 Å². The molecule has 1 aromatic rings. The monoisotopic (exact) mass is 470 g/mol. The van der Waals surface area contributed by atoms with E-state index in [2.05, 4.69) is 25.9 Å². The number of nitrogens with one attached hydrogen (secondary N) is 4. The first kappa shape index (κ1) is 27.5. The zero-order chi connectivity index (χ0) is 25.1. The average Bonchev–Trinajstić information content (AvgIpc) is 3.24. The van der Waals surface area contributed by atoms with Gasteiger partial charge < -0.3 is 42.0 Å². The molecule has 0 aliphatic heterocycles. The van der Waals surface area contributed by atoms with Crippen molar-refractivity contribution in [3.63, 3.8) is 0 Å². The fraction of sp³-hybridized carbons (Fsp3) is 0.579. The molecule has 1 heterocycles. The molecule has 0 spiro atoms. The van der Waals surface area contributed by atoms with Gasteiger partial charge in [0.05, 0.1) is 19.0 Å². The standard InChI is InChI=1S/C19H30N6O8/c1-9(2)15(19(32)33)25-18(31)13(7-26)24-17(30)12(3-4-14(27)28)23-16(29)11(20)5-10-6-21-8-22-10/h6,8-9,11-13,15,26H,3-5,7,20H2,1-2H3,(H,21,22)(H,23,29)(H,24,30)(H,25,31)(H,27,28)(H,32,33). The van der Waals surface area contributed by atoms with Crippen LogP contribution >= 0.6 is 0 Å². The van der Waals surface area contributed by atoms with Crippen molar-refractivity contribution in [2.75, 3.05) is 6.61 Å². The number of carboxylic acid groups (broad SMARTS) is 2. The summed E-state index contributed by atoms with van der Waals surface area (Å²) in [5, 5.41) is 34.4. The van der Waals surface area contributed by atoms with E-state index in [0.717, 1.165) is 0 Å². The molecule has 4 atom stereocenters. The maximum absolute atomic E-state index is 12.7. The smallest absolute Gasteiger partial charge is 0.326 e. The second-order valence-corrected chi connectivity index (χ2v) is 7.69. The van der Waals surface area contributed by atoms with Crippen molar-refractivity contribution in [1.82, 2.24) is 25.9 Å². The summed E-state index contributed by atoms with van der Waals surface area (Å²) in [6, 6.07) is -5.24. The first-order chi connectivity index (χ1) is 15.5. The molecule has 1 aromatic heterocycles. The molecule has 0 saturated carbocycles. The lowest BCUT2D eigenvalue weighted by molar-refractivity contribution is -0.143. The van der Waals surface area contributed by atoms with Crippen LogP contribution in [0.2, 0.25) is 0 Å². The van der Waals surface area contributed by atoms with Gasteiger partial charge in [0.2, 0.25) is 17.7 Å². The summed E-state index contributed by atoms with van der Waals surface area (Å²) < 4.78 is 0. The Bertz CT molecular complexity index is 828. The highest BCUT2D eigenvalue weighted by molar-refractivity contribution is 5.94. The van der Waals surface area contributed by atoms with Gasteiger partial charge in [-0.15, -0.1) is 0 Å². The molecule has 0 aliphatic rings. The van der Waals surface area contributed by atoms with Crippen LogP contribution in [0.3, 0.4) is 0 Å². The van der Waals surface area contributed by atoms with Gasteiger partial charge in [0.1, 0.15) is 18.1 Å². The maximum Gasteiger partial charge on any atom is 0.326 e. The number of nitrogens with two attached hydrogens (primary N) is 1. The number of carbonyl (C=O) groups excluding carboxylic acids is 3. The fourth-order valence-electron chi connectivity index (χ4n) is 2.78. The molecule has 33 heavy (non-hydrogen) atoms. The Labute approximate surface area is 189 Å². The molecule has 14 heteroatoms. The van der Waals surface area contributed by atoms with Crippen molar-refractivity contribution in [1.29, 1.82) is 0 Å². The Kier molecular flexibility index (Phi) is 10.9. The molecule has 1 rings (SSSR count). The SMILES string of the molecule is CC(C)C(NC(=O)C(CO)NC(=O)C(CCC(=O)O)NC(=O)C(N)Cc1cnc[nH]1)C(=O)O. The van der Waals surface area contributed by atoms with Gasteiger partial charge in [-0.05, 0) is 12.3 Å². The summed E-state index contributed by atoms with van der Waals surface area (Å²) in [4.78, 5) is 66.3. The van der Waals surface area contributed by atoms with E-state index in [1.807, 2.05) is 0 Å². The molecule has 184 valence electrons. The summed E-state index contributed by atoms with van der Waals surface area (Å²) >= 11 is 0. The third-order valence-electron chi connectivity index (χ3n) is 4.66. The average molecular weight is 470 g/mol. The lowest BCUT2D eigenvalue weighted by atomic mass is 10.0. The number of imidazole rings is 1. The number of aliphatic hydroxyl groups excluding tert-OH is 1. The number of carboxylic acids is 2. The lowest BCUT2D eigenvalue weighted by Crippen LogP contribution is -2.58. The molecule has 0 fully saturated rings. The van der Waals surface area contributed by atoms with Gasteiger partial charge in [0, 0.05) is 24.7 Å². The molecule has 3 amide bonds. The Morgan fingerprint density at radius 2 is 1.64 bits per heavy atom. The number of aromatic nitrogens is 2. The first-order valence-electron chi connectivity index (χ1n) is 10.2. The Morgan fingerprint density at radius 3 is 2.12 bits per heavy atom. The predicted octanol–water partition coefficient (Wildman–Crippen LogP) is -2.67. The second kappa shape index (κ2) is 13.1. The number of amides is 3. The van der Waals surface area contributed by atoms with Crippen molar-refractivity contribution in [3.8, 4) is 0 Å². The van der Waals surface area contributed by atoms with Gasteiger partial charge in [-0.3, -0.25) is 19.2 Å². The minimum atomic E-state index is -1.53. The molecule has 0 bridgehead atoms. The zero-order valence-corrected chi connectivity index (χ0v) is 18.3. The molecular formula is C19H30N6O8. The van der Waals surface area contributed by atoms with Crippen LogP contribution in [0.25, 0.3) is 0 Å². The van der Waals surface area contributed by atoms with Crippen LogP contribution in [0.1, 0.15) is 32.4 Å². The molecular weight excluding hydrogens is 440 g/mol. The summed E-state index contributed by atoms with van der Waals surface area (Å²) in [5.74, 6) is -5.62. The molecule has 0 radical (unpaired) electrons. The number of hydrogen-bond donors (Lipinski definition) is 8. The molecule has 0 aliphatic carbocycles. The number of aliphatic carboxylic acids is 2.